The van der Waals surface area contributed by atoms with Crippen LogP contribution in [0.2, 0.25) is 0 Å². The largest absolute Gasteiger partial charge is 0.326 e. The highest BCUT2D eigenvalue weighted by atomic mass is 32.2. The van der Waals surface area contributed by atoms with E-state index in [0.29, 0.717) is 17.4 Å². The van der Waals surface area contributed by atoms with Gasteiger partial charge in [-0.05, 0) is 55.9 Å². The Labute approximate surface area is 121 Å². The van der Waals surface area contributed by atoms with Crippen molar-refractivity contribution in [3.05, 3.63) is 29.3 Å². The summed E-state index contributed by atoms with van der Waals surface area (Å²) < 4.78 is 27.6. The molecule has 1 aromatic carbocycles. The molecule has 0 aliphatic heterocycles. The smallest absolute Gasteiger partial charge is 0.240 e. The third kappa shape index (κ3) is 3.40. The predicted octanol–water partition coefficient (Wildman–Crippen LogP) is 2.31. The molecule has 1 aliphatic rings. The number of nitrogens with two attached hydrogens (primary N) is 1. The summed E-state index contributed by atoms with van der Waals surface area (Å²) in [6.45, 7) is 4.29. The van der Waals surface area contributed by atoms with Gasteiger partial charge in [-0.15, -0.1) is 0 Å². The van der Waals surface area contributed by atoms with Crippen molar-refractivity contribution in [3.8, 4) is 0 Å². The van der Waals surface area contributed by atoms with E-state index in [1.807, 2.05) is 13.8 Å². The maximum Gasteiger partial charge on any atom is 0.240 e. The van der Waals surface area contributed by atoms with Crippen LogP contribution in [-0.2, 0) is 16.6 Å². The molecule has 1 saturated carbocycles. The first-order valence-corrected chi connectivity index (χ1v) is 8.74. The van der Waals surface area contributed by atoms with Crippen molar-refractivity contribution in [2.45, 2.75) is 57.0 Å². The molecule has 1 aromatic rings. The zero-order valence-electron chi connectivity index (χ0n) is 12.2. The van der Waals surface area contributed by atoms with Gasteiger partial charge in [0.2, 0.25) is 10.0 Å². The molecule has 3 N–H and O–H groups in total. The normalized spacial score (nSPS) is 18.4. The molecule has 4 nitrogen and oxygen atoms in total. The molecule has 20 heavy (non-hydrogen) atoms. The Morgan fingerprint density at radius 2 is 2.00 bits per heavy atom. The molecule has 1 atom stereocenters. The van der Waals surface area contributed by atoms with Crippen LogP contribution in [0.5, 0.6) is 0 Å². The van der Waals surface area contributed by atoms with Crippen molar-refractivity contribution in [2.24, 2.45) is 11.7 Å². The van der Waals surface area contributed by atoms with E-state index in [4.69, 9.17) is 5.73 Å². The zero-order chi connectivity index (χ0) is 14.8. The lowest BCUT2D eigenvalue weighted by Gasteiger charge is -2.20. The standard InChI is InChI=1S/C15H24N2O2S/c1-11-9-15(8-7-14(11)10-16)20(18,19)17-12(2)13-5-3-4-6-13/h7-9,12-13,17H,3-6,10,16H2,1-2H3. The fourth-order valence-electron chi connectivity index (χ4n) is 2.93. The van der Waals surface area contributed by atoms with Crippen LogP contribution < -0.4 is 10.5 Å². The Kier molecular flexibility index (Phi) is 4.83. The fourth-order valence-corrected chi connectivity index (χ4v) is 4.33. The van der Waals surface area contributed by atoms with Crippen molar-refractivity contribution >= 4 is 10.0 Å². The Hall–Kier alpha value is -0.910. The molecule has 0 bridgehead atoms. The first-order chi connectivity index (χ1) is 9.44. The van der Waals surface area contributed by atoms with Crippen LogP contribution in [0, 0.1) is 12.8 Å². The molecule has 0 saturated heterocycles. The van der Waals surface area contributed by atoms with Gasteiger partial charge in [-0.1, -0.05) is 18.9 Å². The van der Waals surface area contributed by atoms with Crippen LogP contribution in [-0.4, -0.2) is 14.5 Å². The lowest BCUT2D eigenvalue weighted by molar-refractivity contribution is 0.424. The van der Waals surface area contributed by atoms with Crippen LogP contribution >= 0.6 is 0 Å². The molecule has 0 radical (unpaired) electrons. The first-order valence-electron chi connectivity index (χ1n) is 7.26. The van der Waals surface area contributed by atoms with Crippen LogP contribution in [0.3, 0.4) is 0 Å². The molecule has 1 fully saturated rings. The Balaban J connectivity index is 2.15. The van der Waals surface area contributed by atoms with Crippen molar-refractivity contribution < 1.29 is 8.42 Å². The maximum absolute atomic E-state index is 12.4. The van der Waals surface area contributed by atoms with E-state index in [2.05, 4.69) is 4.72 Å². The Bertz CT molecular complexity index is 563. The highest BCUT2D eigenvalue weighted by Gasteiger charge is 2.26. The number of hydrogen-bond donors (Lipinski definition) is 2. The average Bonchev–Trinajstić information content (AvgIpc) is 2.92. The van der Waals surface area contributed by atoms with Crippen molar-refractivity contribution in [3.63, 3.8) is 0 Å². The summed E-state index contributed by atoms with van der Waals surface area (Å²) in [4.78, 5) is 0.331. The van der Waals surface area contributed by atoms with Crippen molar-refractivity contribution in [1.82, 2.24) is 4.72 Å². The predicted molar refractivity (Wildman–Crippen MR) is 80.8 cm³/mol. The van der Waals surface area contributed by atoms with E-state index in [-0.39, 0.29) is 6.04 Å². The molecule has 0 aromatic heterocycles. The van der Waals surface area contributed by atoms with Gasteiger partial charge in [0, 0.05) is 12.6 Å². The van der Waals surface area contributed by atoms with Crippen LogP contribution in [0.15, 0.2) is 23.1 Å². The Morgan fingerprint density at radius 1 is 1.35 bits per heavy atom. The maximum atomic E-state index is 12.4. The van der Waals surface area contributed by atoms with Gasteiger partial charge in [-0.25, -0.2) is 13.1 Å². The second kappa shape index (κ2) is 6.24. The van der Waals surface area contributed by atoms with Crippen molar-refractivity contribution in [2.75, 3.05) is 0 Å². The molecular formula is C15H24N2O2S. The number of aryl methyl sites for hydroxylation is 1. The highest BCUT2D eigenvalue weighted by Crippen LogP contribution is 2.28. The van der Waals surface area contributed by atoms with Gasteiger partial charge in [0.15, 0.2) is 0 Å². The molecule has 112 valence electrons. The van der Waals surface area contributed by atoms with E-state index in [1.165, 1.54) is 12.8 Å². The third-order valence-electron chi connectivity index (χ3n) is 4.29. The SMILES string of the molecule is Cc1cc(S(=O)(=O)NC(C)C2CCCC2)ccc1CN. The summed E-state index contributed by atoms with van der Waals surface area (Å²) in [5.41, 5.74) is 7.51. The Morgan fingerprint density at radius 3 is 2.55 bits per heavy atom. The molecule has 1 aliphatic carbocycles. The number of benzene rings is 1. The van der Waals surface area contributed by atoms with Gasteiger partial charge < -0.3 is 5.73 Å². The van der Waals surface area contributed by atoms with E-state index < -0.39 is 10.0 Å². The van der Waals surface area contributed by atoms with Crippen molar-refractivity contribution in [1.29, 1.82) is 0 Å². The second-order valence-corrected chi connectivity index (χ2v) is 7.46. The van der Waals surface area contributed by atoms with Crippen LogP contribution in [0.1, 0.15) is 43.7 Å². The minimum absolute atomic E-state index is 0.00279. The summed E-state index contributed by atoms with van der Waals surface area (Å²) in [5, 5.41) is 0. The zero-order valence-corrected chi connectivity index (χ0v) is 13.0. The molecular weight excluding hydrogens is 272 g/mol. The fraction of sp³-hybridized carbons (Fsp3) is 0.600. The highest BCUT2D eigenvalue weighted by molar-refractivity contribution is 7.89. The van der Waals surface area contributed by atoms with Gasteiger partial charge in [-0.3, -0.25) is 0 Å². The first kappa shape index (κ1) is 15.5. The van der Waals surface area contributed by atoms with E-state index in [9.17, 15) is 8.42 Å². The minimum atomic E-state index is -3.44. The third-order valence-corrected chi connectivity index (χ3v) is 5.85. The average molecular weight is 296 g/mol. The topological polar surface area (TPSA) is 72.2 Å². The van der Waals surface area contributed by atoms with Crippen LogP contribution in [0.4, 0.5) is 0 Å². The summed E-state index contributed by atoms with van der Waals surface area (Å²) >= 11 is 0. The molecule has 0 amide bonds. The summed E-state index contributed by atoms with van der Waals surface area (Å²) in [7, 11) is -3.44. The van der Waals surface area contributed by atoms with Gasteiger partial charge in [0.1, 0.15) is 0 Å². The number of rotatable bonds is 5. The van der Waals surface area contributed by atoms with Gasteiger partial charge >= 0.3 is 0 Å². The molecule has 0 heterocycles. The lowest BCUT2D eigenvalue weighted by Crippen LogP contribution is -2.37. The summed E-state index contributed by atoms with van der Waals surface area (Å²) in [6, 6.07) is 5.13. The number of nitrogens with one attached hydrogen (secondary N) is 1. The van der Waals surface area contributed by atoms with Crippen LogP contribution in [0.25, 0.3) is 0 Å². The molecule has 0 spiro atoms. The quantitative estimate of drug-likeness (QED) is 0.876. The van der Waals surface area contributed by atoms with E-state index in [0.717, 1.165) is 24.0 Å². The number of sulfonamides is 1. The summed E-state index contributed by atoms with van der Waals surface area (Å²) in [6.07, 6.45) is 4.66. The molecule has 5 heteroatoms. The van der Waals surface area contributed by atoms with E-state index in [1.54, 1.807) is 18.2 Å². The van der Waals surface area contributed by atoms with E-state index >= 15 is 0 Å². The number of hydrogen-bond acceptors (Lipinski definition) is 3. The van der Waals surface area contributed by atoms with Gasteiger partial charge in [-0.2, -0.15) is 0 Å². The molecule has 1 unspecified atom stereocenters. The second-order valence-electron chi connectivity index (χ2n) is 5.75. The summed E-state index contributed by atoms with van der Waals surface area (Å²) in [5.74, 6) is 0.467. The minimum Gasteiger partial charge on any atom is -0.326 e. The lowest BCUT2D eigenvalue weighted by atomic mass is 10.0. The van der Waals surface area contributed by atoms with Gasteiger partial charge in [0.05, 0.1) is 4.90 Å². The molecule has 2 rings (SSSR count). The monoisotopic (exact) mass is 296 g/mol. The van der Waals surface area contributed by atoms with Gasteiger partial charge in [0.25, 0.3) is 0 Å².